The third-order valence-corrected chi connectivity index (χ3v) is 4.79. The molecule has 19 heavy (non-hydrogen) atoms. The van der Waals surface area contributed by atoms with Gasteiger partial charge in [0, 0.05) is 24.6 Å². The van der Waals surface area contributed by atoms with E-state index in [4.69, 9.17) is 0 Å². The first-order chi connectivity index (χ1) is 8.94. The summed E-state index contributed by atoms with van der Waals surface area (Å²) < 4.78 is 22.2. The lowest BCUT2D eigenvalue weighted by molar-refractivity contribution is 0.603. The van der Waals surface area contributed by atoms with Crippen LogP contribution in [0.2, 0.25) is 0 Å². The number of nitrogens with one attached hydrogen (secondary N) is 1. The Kier molecular flexibility index (Phi) is 6.95. The molecule has 0 bridgehead atoms. The summed E-state index contributed by atoms with van der Waals surface area (Å²) in [6.07, 6.45) is 4.19. The van der Waals surface area contributed by atoms with E-state index in [1.54, 1.807) is 0 Å². The highest BCUT2D eigenvalue weighted by molar-refractivity contribution is 8.00. The van der Waals surface area contributed by atoms with E-state index in [0.29, 0.717) is 10.9 Å². The Balaban J connectivity index is 2.70. The second-order valence-electron chi connectivity index (χ2n) is 3.98. The van der Waals surface area contributed by atoms with Gasteiger partial charge in [0.2, 0.25) is 0 Å². The van der Waals surface area contributed by atoms with E-state index in [-0.39, 0.29) is 5.75 Å². The molecule has 108 valence electrons. The number of sulfone groups is 1. The number of anilines is 1. The molecule has 0 aromatic carbocycles. The van der Waals surface area contributed by atoms with Gasteiger partial charge in [-0.1, -0.05) is 18.7 Å². The molecule has 5 nitrogen and oxygen atoms in total. The van der Waals surface area contributed by atoms with Crippen molar-refractivity contribution in [3.63, 3.8) is 0 Å². The molecule has 0 atom stereocenters. The number of nitrogens with zero attached hydrogens (tertiary/aromatic N) is 2. The van der Waals surface area contributed by atoms with Crippen LogP contribution < -0.4 is 5.32 Å². The van der Waals surface area contributed by atoms with E-state index in [9.17, 15) is 8.42 Å². The van der Waals surface area contributed by atoms with E-state index >= 15 is 0 Å². The van der Waals surface area contributed by atoms with E-state index in [2.05, 4.69) is 22.2 Å². The Hall–Kier alpha value is -0.470. The Morgan fingerprint density at radius 1 is 1.37 bits per heavy atom. The van der Waals surface area contributed by atoms with E-state index in [1.807, 2.05) is 12.3 Å². The first-order valence-corrected chi connectivity index (χ1v) is 10.2. The maximum atomic E-state index is 11.1. The number of hydrogen-bond donors (Lipinski definition) is 1. The molecule has 0 amide bonds. The van der Waals surface area contributed by atoms with E-state index in [1.165, 1.54) is 29.8 Å². The average Bonchev–Trinajstić information content (AvgIpc) is 2.34. The van der Waals surface area contributed by atoms with Crippen molar-refractivity contribution in [3.8, 4) is 0 Å². The van der Waals surface area contributed by atoms with Crippen LogP contribution in [0.3, 0.4) is 0 Å². The molecule has 0 aliphatic carbocycles. The Bertz CT molecular complexity index is 506. The molecule has 1 rings (SSSR count). The maximum Gasteiger partial charge on any atom is 0.190 e. The predicted octanol–water partition coefficient (Wildman–Crippen LogP) is 2.16. The second kappa shape index (κ2) is 7.96. The van der Waals surface area contributed by atoms with Crippen molar-refractivity contribution < 1.29 is 8.42 Å². The molecule has 1 aromatic rings. The molecule has 1 heterocycles. The van der Waals surface area contributed by atoms with Crippen LogP contribution in [0.1, 0.15) is 13.3 Å². The minimum Gasteiger partial charge on any atom is -0.370 e. The largest absolute Gasteiger partial charge is 0.370 e. The Morgan fingerprint density at radius 3 is 2.68 bits per heavy atom. The van der Waals surface area contributed by atoms with Crippen LogP contribution in [-0.2, 0) is 9.84 Å². The molecule has 8 heteroatoms. The Labute approximate surface area is 123 Å². The van der Waals surface area contributed by atoms with Crippen molar-refractivity contribution >= 4 is 39.2 Å². The number of rotatable bonds is 8. The van der Waals surface area contributed by atoms with Crippen molar-refractivity contribution in [1.82, 2.24) is 9.97 Å². The molecule has 0 saturated carbocycles. The maximum absolute atomic E-state index is 11.1. The normalized spacial score (nSPS) is 11.5. The third kappa shape index (κ3) is 7.03. The van der Waals surface area contributed by atoms with Crippen LogP contribution in [-0.4, -0.2) is 48.9 Å². The SMILES string of the molecule is CCCNc1cc(SCCS(C)(=O)=O)nc(SC)n1. The standard InChI is InChI=1S/C11H19N3O2S3/c1-4-5-12-9-8-10(14-11(13-9)17-2)18-6-7-19(3,15)16/h8H,4-7H2,1-3H3,(H,12,13,14). The highest BCUT2D eigenvalue weighted by Gasteiger charge is 2.07. The van der Waals surface area contributed by atoms with Gasteiger partial charge >= 0.3 is 0 Å². The number of hydrogen-bond acceptors (Lipinski definition) is 7. The van der Waals surface area contributed by atoms with Gasteiger partial charge in [0.15, 0.2) is 5.16 Å². The number of aromatic nitrogens is 2. The summed E-state index contributed by atoms with van der Waals surface area (Å²) in [5.74, 6) is 1.47. The first kappa shape index (κ1) is 16.6. The zero-order valence-corrected chi connectivity index (χ0v) is 13.8. The highest BCUT2D eigenvalue weighted by atomic mass is 32.2. The van der Waals surface area contributed by atoms with Crippen molar-refractivity contribution in [1.29, 1.82) is 0 Å². The molecule has 0 aliphatic heterocycles. The van der Waals surface area contributed by atoms with Gasteiger partial charge in [-0.15, -0.1) is 11.8 Å². The molecule has 0 aliphatic rings. The van der Waals surface area contributed by atoms with Gasteiger partial charge in [-0.2, -0.15) is 0 Å². The second-order valence-corrected chi connectivity index (χ2v) is 8.13. The summed E-state index contributed by atoms with van der Waals surface area (Å²) in [6.45, 7) is 2.95. The topological polar surface area (TPSA) is 72.0 Å². The summed E-state index contributed by atoms with van der Waals surface area (Å²) in [4.78, 5) is 8.71. The fourth-order valence-electron chi connectivity index (χ4n) is 1.21. The third-order valence-electron chi connectivity index (χ3n) is 2.12. The molecule has 0 radical (unpaired) electrons. The van der Waals surface area contributed by atoms with Crippen molar-refractivity contribution in [2.45, 2.75) is 23.5 Å². The fourth-order valence-corrected chi connectivity index (χ4v) is 3.75. The van der Waals surface area contributed by atoms with Gasteiger partial charge in [-0.05, 0) is 12.7 Å². The number of thioether (sulfide) groups is 2. The van der Waals surface area contributed by atoms with Crippen LogP contribution in [0.5, 0.6) is 0 Å². The van der Waals surface area contributed by atoms with Crippen LogP contribution in [0.4, 0.5) is 5.82 Å². The molecular formula is C11H19N3O2S3. The molecule has 0 spiro atoms. The summed E-state index contributed by atoms with van der Waals surface area (Å²) in [5, 5.41) is 4.72. The smallest absolute Gasteiger partial charge is 0.190 e. The van der Waals surface area contributed by atoms with E-state index in [0.717, 1.165) is 23.8 Å². The lowest BCUT2D eigenvalue weighted by Gasteiger charge is -2.07. The minimum absolute atomic E-state index is 0.161. The minimum atomic E-state index is -2.92. The lowest BCUT2D eigenvalue weighted by atomic mass is 10.4. The van der Waals surface area contributed by atoms with Crippen LogP contribution in [0, 0.1) is 0 Å². The van der Waals surface area contributed by atoms with Gasteiger partial charge in [-0.3, -0.25) is 0 Å². The van der Waals surface area contributed by atoms with Crippen LogP contribution >= 0.6 is 23.5 Å². The predicted molar refractivity (Wildman–Crippen MR) is 83.0 cm³/mol. The molecule has 1 aromatic heterocycles. The summed E-state index contributed by atoms with van der Waals surface area (Å²) >= 11 is 2.92. The van der Waals surface area contributed by atoms with Gasteiger partial charge in [0.1, 0.15) is 20.7 Å². The first-order valence-electron chi connectivity index (χ1n) is 5.92. The van der Waals surface area contributed by atoms with Gasteiger partial charge in [0.05, 0.1) is 5.75 Å². The molecule has 1 N–H and O–H groups in total. The van der Waals surface area contributed by atoms with Crippen LogP contribution in [0.15, 0.2) is 16.2 Å². The Morgan fingerprint density at radius 2 is 2.11 bits per heavy atom. The van der Waals surface area contributed by atoms with Crippen molar-refractivity contribution in [2.24, 2.45) is 0 Å². The van der Waals surface area contributed by atoms with Gasteiger partial charge < -0.3 is 5.32 Å². The monoisotopic (exact) mass is 321 g/mol. The molecule has 0 unspecified atom stereocenters. The summed E-state index contributed by atoms with van der Waals surface area (Å²) in [6, 6.07) is 1.86. The van der Waals surface area contributed by atoms with Crippen molar-refractivity contribution in [3.05, 3.63) is 6.07 Å². The summed E-state index contributed by atoms with van der Waals surface area (Å²) in [7, 11) is -2.92. The average molecular weight is 321 g/mol. The van der Waals surface area contributed by atoms with Crippen LogP contribution in [0.25, 0.3) is 0 Å². The van der Waals surface area contributed by atoms with Crippen molar-refractivity contribution in [2.75, 3.05) is 35.9 Å². The lowest BCUT2D eigenvalue weighted by Crippen LogP contribution is -2.06. The van der Waals surface area contributed by atoms with E-state index < -0.39 is 9.84 Å². The molecular weight excluding hydrogens is 302 g/mol. The zero-order chi connectivity index (χ0) is 14.3. The molecule has 0 fully saturated rings. The zero-order valence-electron chi connectivity index (χ0n) is 11.3. The molecule has 0 saturated heterocycles. The highest BCUT2D eigenvalue weighted by Crippen LogP contribution is 2.22. The fraction of sp³-hybridized carbons (Fsp3) is 0.636. The quantitative estimate of drug-likeness (QED) is 0.447. The summed E-state index contributed by atoms with van der Waals surface area (Å²) in [5.41, 5.74) is 0. The van der Waals surface area contributed by atoms with Gasteiger partial charge in [0.25, 0.3) is 0 Å². The van der Waals surface area contributed by atoms with Gasteiger partial charge in [-0.25, -0.2) is 18.4 Å².